The van der Waals surface area contributed by atoms with E-state index in [-0.39, 0.29) is 17.9 Å². The second kappa shape index (κ2) is 10.4. The van der Waals surface area contributed by atoms with Crippen LogP contribution in [-0.2, 0) is 35.5 Å². The van der Waals surface area contributed by atoms with Gasteiger partial charge in [0.2, 0.25) is 10.0 Å². The zero-order valence-corrected chi connectivity index (χ0v) is 20.4. The Hall–Kier alpha value is -3.49. The molecule has 0 radical (unpaired) electrons. The monoisotopic (exact) mass is 493 g/mol. The normalized spacial score (nSPS) is 13.9. The summed E-state index contributed by atoms with van der Waals surface area (Å²) in [6, 6.07) is 19.9. The van der Waals surface area contributed by atoms with E-state index >= 15 is 0 Å². The average molecular weight is 494 g/mol. The maximum atomic E-state index is 13.5. The number of esters is 2. The summed E-state index contributed by atoms with van der Waals surface area (Å²) in [5.74, 6) is -1.40. The molecule has 0 bridgehead atoms. The van der Waals surface area contributed by atoms with Crippen molar-refractivity contribution in [3.63, 3.8) is 0 Å². The molecule has 1 aliphatic rings. The van der Waals surface area contributed by atoms with E-state index in [4.69, 9.17) is 9.47 Å². The average Bonchev–Trinajstić information content (AvgIpc) is 3.24. The van der Waals surface area contributed by atoms with Crippen molar-refractivity contribution in [3.05, 3.63) is 89.5 Å². The Morgan fingerprint density at radius 3 is 2.31 bits per heavy atom. The molecule has 182 valence electrons. The summed E-state index contributed by atoms with van der Waals surface area (Å²) in [4.78, 5) is 25.2. The number of sulfonamides is 1. The van der Waals surface area contributed by atoms with Crippen molar-refractivity contribution in [2.24, 2.45) is 0 Å². The van der Waals surface area contributed by atoms with Gasteiger partial charge in [-0.25, -0.2) is 8.42 Å². The van der Waals surface area contributed by atoms with Gasteiger partial charge in [-0.3, -0.25) is 9.59 Å². The third kappa shape index (κ3) is 5.28. The Bertz CT molecular complexity index is 1340. The number of hydrogen-bond acceptors (Lipinski definition) is 6. The Balaban J connectivity index is 1.69. The zero-order chi connectivity index (χ0) is 25.0. The minimum absolute atomic E-state index is 0.0204. The fourth-order valence-electron chi connectivity index (χ4n) is 4.19. The standard InChI is InChI=1S/C27H27NO6S/c1-3-24(29)34-26(18-10-6-5-7-11-18)25(27(30)33-4-2)28-35(31,32)21-14-15-23-20(17-21)16-19-12-8-9-13-22(19)23/h5-15,17,25-26,28H,3-4,16H2,1-2H3/t25-,26-/m0/s1. The lowest BCUT2D eigenvalue weighted by atomic mass is 10.0. The number of fused-ring (bicyclic) bond motifs is 3. The second-order valence-corrected chi connectivity index (χ2v) is 9.89. The number of nitrogens with one attached hydrogen (secondary N) is 1. The minimum Gasteiger partial charge on any atom is -0.465 e. The van der Waals surface area contributed by atoms with E-state index < -0.39 is 34.1 Å². The van der Waals surface area contributed by atoms with Crippen molar-refractivity contribution in [3.8, 4) is 11.1 Å². The number of hydrogen-bond donors (Lipinski definition) is 1. The van der Waals surface area contributed by atoms with Gasteiger partial charge in [0.1, 0.15) is 0 Å². The van der Waals surface area contributed by atoms with E-state index in [1.54, 1.807) is 56.3 Å². The maximum Gasteiger partial charge on any atom is 0.328 e. The van der Waals surface area contributed by atoms with E-state index in [1.165, 1.54) is 6.07 Å². The van der Waals surface area contributed by atoms with Gasteiger partial charge in [-0.2, -0.15) is 4.72 Å². The first-order chi connectivity index (χ1) is 16.8. The minimum atomic E-state index is -4.17. The first-order valence-corrected chi connectivity index (χ1v) is 13.0. The summed E-state index contributed by atoms with van der Waals surface area (Å²) in [6.07, 6.45) is -0.510. The highest BCUT2D eigenvalue weighted by Gasteiger charge is 2.38. The lowest BCUT2D eigenvalue weighted by Gasteiger charge is -2.26. The maximum absolute atomic E-state index is 13.5. The van der Waals surface area contributed by atoms with Gasteiger partial charge in [0, 0.05) is 6.42 Å². The van der Waals surface area contributed by atoms with Crippen LogP contribution in [0.1, 0.15) is 43.1 Å². The van der Waals surface area contributed by atoms with Crippen molar-refractivity contribution >= 4 is 22.0 Å². The van der Waals surface area contributed by atoms with E-state index in [0.717, 1.165) is 22.3 Å². The van der Waals surface area contributed by atoms with Gasteiger partial charge in [0.25, 0.3) is 0 Å². The Morgan fingerprint density at radius 2 is 1.60 bits per heavy atom. The van der Waals surface area contributed by atoms with E-state index in [0.29, 0.717) is 12.0 Å². The van der Waals surface area contributed by atoms with E-state index in [2.05, 4.69) is 4.72 Å². The van der Waals surface area contributed by atoms with Crippen molar-refractivity contribution < 1.29 is 27.5 Å². The molecule has 0 fully saturated rings. The topological polar surface area (TPSA) is 98.8 Å². The Morgan fingerprint density at radius 1 is 0.914 bits per heavy atom. The van der Waals surface area contributed by atoms with Gasteiger partial charge in [-0.05, 0) is 53.3 Å². The molecule has 0 saturated heterocycles. The van der Waals surface area contributed by atoms with Gasteiger partial charge >= 0.3 is 11.9 Å². The van der Waals surface area contributed by atoms with Gasteiger partial charge in [0.15, 0.2) is 12.1 Å². The highest BCUT2D eigenvalue weighted by atomic mass is 32.2. The number of benzene rings is 3. The molecule has 0 spiro atoms. The van der Waals surface area contributed by atoms with Crippen molar-refractivity contribution in [1.29, 1.82) is 0 Å². The van der Waals surface area contributed by atoms with E-state index in [1.807, 2.05) is 24.3 Å². The number of ether oxygens (including phenoxy) is 2. The highest BCUT2D eigenvalue weighted by molar-refractivity contribution is 7.89. The van der Waals surface area contributed by atoms with Crippen LogP contribution < -0.4 is 4.72 Å². The fourth-order valence-corrected chi connectivity index (χ4v) is 5.42. The van der Waals surface area contributed by atoms with Crippen LogP contribution in [0, 0.1) is 0 Å². The van der Waals surface area contributed by atoms with Crippen molar-refractivity contribution in [1.82, 2.24) is 4.72 Å². The largest absolute Gasteiger partial charge is 0.465 e. The van der Waals surface area contributed by atoms with Crippen molar-refractivity contribution in [2.45, 2.75) is 43.7 Å². The van der Waals surface area contributed by atoms with Gasteiger partial charge in [0.05, 0.1) is 11.5 Å². The Labute approximate surface area is 205 Å². The van der Waals surface area contributed by atoms with Crippen LogP contribution in [0.4, 0.5) is 0 Å². The lowest BCUT2D eigenvalue weighted by molar-refractivity contribution is -0.158. The molecule has 0 saturated carbocycles. The Kier molecular flexibility index (Phi) is 7.33. The molecular formula is C27H27NO6S. The van der Waals surface area contributed by atoms with Crippen LogP contribution in [0.5, 0.6) is 0 Å². The van der Waals surface area contributed by atoms with Crippen LogP contribution in [-0.4, -0.2) is 33.0 Å². The van der Waals surface area contributed by atoms with Gasteiger partial charge < -0.3 is 9.47 Å². The SMILES string of the molecule is CCOC(=O)[C@@H](NS(=O)(=O)c1ccc2c(c1)Cc1ccccc1-2)[C@@H](OC(=O)CC)c1ccccc1. The van der Waals surface area contributed by atoms with Crippen molar-refractivity contribution in [2.75, 3.05) is 6.61 Å². The molecular weight excluding hydrogens is 466 g/mol. The molecule has 8 heteroatoms. The molecule has 0 aliphatic heterocycles. The predicted molar refractivity (Wildman–Crippen MR) is 131 cm³/mol. The molecule has 0 aromatic heterocycles. The molecule has 4 rings (SSSR count). The smallest absolute Gasteiger partial charge is 0.328 e. The number of rotatable bonds is 9. The summed E-state index contributed by atoms with van der Waals surface area (Å²) >= 11 is 0. The molecule has 3 aromatic carbocycles. The molecule has 3 aromatic rings. The molecule has 35 heavy (non-hydrogen) atoms. The highest BCUT2D eigenvalue weighted by Crippen LogP contribution is 2.37. The van der Waals surface area contributed by atoms with E-state index in [9.17, 15) is 18.0 Å². The second-order valence-electron chi connectivity index (χ2n) is 8.18. The number of carbonyl (C=O) groups is 2. The van der Waals surface area contributed by atoms with Crippen LogP contribution in [0.2, 0.25) is 0 Å². The van der Waals surface area contributed by atoms with Crippen LogP contribution in [0.15, 0.2) is 77.7 Å². The molecule has 0 unspecified atom stereocenters. The summed E-state index contributed by atoms with van der Waals surface area (Å²) in [5, 5.41) is 0. The predicted octanol–water partition coefficient (Wildman–Crippen LogP) is 4.16. The zero-order valence-electron chi connectivity index (χ0n) is 19.6. The molecule has 1 N–H and O–H groups in total. The van der Waals surface area contributed by atoms with Gasteiger partial charge in [-0.1, -0.05) is 67.6 Å². The first-order valence-electron chi connectivity index (χ1n) is 11.5. The third-order valence-electron chi connectivity index (χ3n) is 5.88. The first kappa shape index (κ1) is 24.6. The molecule has 1 aliphatic carbocycles. The summed E-state index contributed by atoms with van der Waals surface area (Å²) in [7, 11) is -4.17. The molecule has 7 nitrogen and oxygen atoms in total. The van der Waals surface area contributed by atoms with Crippen LogP contribution in [0.25, 0.3) is 11.1 Å². The molecule has 0 heterocycles. The summed E-state index contributed by atoms with van der Waals surface area (Å²) in [5.41, 5.74) is 4.56. The van der Waals surface area contributed by atoms with Crippen LogP contribution >= 0.6 is 0 Å². The molecule has 2 atom stereocenters. The van der Waals surface area contributed by atoms with Gasteiger partial charge in [-0.15, -0.1) is 0 Å². The summed E-state index contributed by atoms with van der Waals surface area (Å²) < 4.78 is 40.1. The van der Waals surface area contributed by atoms with Crippen LogP contribution in [0.3, 0.4) is 0 Å². The molecule has 0 amide bonds. The summed E-state index contributed by atoms with van der Waals surface area (Å²) in [6.45, 7) is 3.28. The lowest BCUT2D eigenvalue weighted by Crippen LogP contribution is -2.47. The fraction of sp³-hybridized carbons (Fsp3) is 0.259. The number of carbonyl (C=O) groups excluding carboxylic acids is 2. The third-order valence-corrected chi connectivity index (χ3v) is 7.31. The quantitative estimate of drug-likeness (QED) is 0.352.